The van der Waals surface area contributed by atoms with Crippen molar-refractivity contribution in [3.05, 3.63) is 66.2 Å². The number of esters is 1. The van der Waals surface area contributed by atoms with E-state index < -0.39 is 0 Å². The van der Waals surface area contributed by atoms with Crippen LogP contribution in [0, 0.1) is 0 Å². The molecule has 0 aromatic heterocycles. The van der Waals surface area contributed by atoms with Crippen LogP contribution in [0.5, 0.6) is 0 Å². The molecule has 0 bridgehead atoms. The highest BCUT2D eigenvalue weighted by Gasteiger charge is 2.33. The Labute approximate surface area is 137 Å². The van der Waals surface area contributed by atoms with Crippen molar-refractivity contribution in [2.45, 2.75) is 12.6 Å². The van der Waals surface area contributed by atoms with Crippen LogP contribution in [0.15, 0.2) is 60.7 Å². The van der Waals surface area contributed by atoms with Crippen LogP contribution in [0.4, 0.5) is 5.69 Å². The highest BCUT2D eigenvalue weighted by atomic mass is 16.5. The van der Waals surface area contributed by atoms with Gasteiger partial charge in [-0.2, -0.15) is 0 Å². The number of benzene rings is 2. The largest absolute Gasteiger partial charge is 0.468 e. The molecule has 2 aromatic carbocycles. The van der Waals surface area contributed by atoms with E-state index in [0.29, 0.717) is 6.54 Å². The molecule has 1 saturated heterocycles. The summed E-state index contributed by atoms with van der Waals surface area (Å²) in [6.45, 7) is 3.17. The molecule has 0 saturated carbocycles. The fraction of sp³-hybridized carbons (Fsp3) is 0.316. The van der Waals surface area contributed by atoms with E-state index in [1.165, 1.54) is 12.7 Å². The van der Waals surface area contributed by atoms with Gasteiger partial charge in [-0.25, -0.2) is 0 Å². The van der Waals surface area contributed by atoms with Gasteiger partial charge in [0.15, 0.2) is 0 Å². The zero-order chi connectivity index (χ0) is 16.1. The van der Waals surface area contributed by atoms with Gasteiger partial charge in [-0.15, -0.1) is 0 Å². The third-order valence-corrected chi connectivity index (χ3v) is 4.31. The van der Waals surface area contributed by atoms with Gasteiger partial charge in [-0.1, -0.05) is 48.5 Å². The predicted octanol–water partition coefficient (Wildman–Crippen LogP) is 2.55. The van der Waals surface area contributed by atoms with Crippen LogP contribution in [0.2, 0.25) is 0 Å². The molecule has 23 heavy (non-hydrogen) atoms. The Balaban J connectivity index is 1.75. The summed E-state index contributed by atoms with van der Waals surface area (Å²) in [6, 6.07) is 20.2. The van der Waals surface area contributed by atoms with Gasteiger partial charge in [-0.3, -0.25) is 9.69 Å². The number of rotatable bonds is 4. The third kappa shape index (κ3) is 3.71. The lowest BCUT2D eigenvalue weighted by atomic mass is 10.1. The van der Waals surface area contributed by atoms with Gasteiger partial charge in [0, 0.05) is 31.9 Å². The quantitative estimate of drug-likeness (QED) is 0.813. The van der Waals surface area contributed by atoms with E-state index in [-0.39, 0.29) is 12.0 Å². The lowest BCUT2D eigenvalue weighted by Crippen LogP contribution is -2.56. The second-order valence-electron chi connectivity index (χ2n) is 5.78. The summed E-state index contributed by atoms with van der Waals surface area (Å²) in [4.78, 5) is 16.7. The monoisotopic (exact) mass is 310 g/mol. The maximum Gasteiger partial charge on any atom is 0.324 e. The molecule has 3 rings (SSSR count). The molecule has 0 N–H and O–H groups in total. The minimum Gasteiger partial charge on any atom is -0.468 e. The summed E-state index contributed by atoms with van der Waals surface area (Å²) in [7, 11) is 1.46. The summed E-state index contributed by atoms with van der Waals surface area (Å²) in [5, 5.41) is 0. The van der Waals surface area contributed by atoms with Gasteiger partial charge < -0.3 is 9.64 Å². The van der Waals surface area contributed by atoms with E-state index in [1.54, 1.807) is 0 Å². The first-order chi connectivity index (χ1) is 11.3. The van der Waals surface area contributed by atoms with E-state index in [1.807, 2.05) is 36.4 Å². The molecule has 0 amide bonds. The normalized spacial score (nSPS) is 18.7. The summed E-state index contributed by atoms with van der Waals surface area (Å²) < 4.78 is 5.03. The maximum atomic E-state index is 12.3. The molecule has 1 fully saturated rings. The van der Waals surface area contributed by atoms with Crippen LogP contribution in [-0.4, -0.2) is 43.7 Å². The summed E-state index contributed by atoms with van der Waals surface area (Å²) >= 11 is 0. The topological polar surface area (TPSA) is 32.8 Å². The summed E-state index contributed by atoms with van der Waals surface area (Å²) in [5.41, 5.74) is 2.37. The first-order valence-corrected chi connectivity index (χ1v) is 7.94. The molecule has 0 aliphatic carbocycles. The predicted molar refractivity (Wildman–Crippen MR) is 91.3 cm³/mol. The third-order valence-electron chi connectivity index (χ3n) is 4.31. The van der Waals surface area contributed by atoms with Crippen LogP contribution in [0.1, 0.15) is 5.56 Å². The van der Waals surface area contributed by atoms with Crippen LogP contribution in [0.3, 0.4) is 0 Å². The van der Waals surface area contributed by atoms with Gasteiger partial charge in [0.25, 0.3) is 0 Å². The van der Waals surface area contributed by atoms with Crippen LogP contribution < -0.4 is 4.90 Å². The molecule has 0 radical (unpaired) electrons. The average Bonchev–Trinajstić information content (AvgIpc) is 2.63. The van der Waals surface area contributed by atoms with E-state index in [2.05, 4.69) is 34.1 Å². The lowest BCUT2D eigenvalue weighted by Gasteiger charge is -2.41. The summed E-state index contributed by atoms with van der Waals surface area (Å²) in [5.74, 6) is -0.165. The Hall–Kier alpha value is -2.33. The Morgan fingerprint density at radius 3 is 2.35 bits per heavy atom. The Morgan fingerprint density at radius 2 is 1.70 bits per heavy atom. The lowest BCUT2D eigenvalue weighted by molar-refractivity contribution is -0.147. The number of para-hydroxylation sites is 1. The Morgan fingerprint density at radius 1 is 1.04 bits per heavy atom. The van der Waals surface area contributed by atoms with Crippen molar-refractivity contribution in [3.8, 4) is 0 Å². The molecule has 1 aliphatic heterocycles. The van der Waals surface area contributed by atoms with Crippen LogP contribution in [0.25, 0.3) is 0 Å². The standard InChI is InChI=1S/C19H22N2O2/c1-23-19(22)18-15-20(17-10-6-3-7-11-17)12-13-21(18)14-16-8-4-2-5-9-16/h2-11,18H,12-15H2,1H3. The molecule has 120 valence electrons. The Bertz CT molecular complexity index is 630. The van der Waals surface area contributed by atoms with Crippen molar-refractivity contribution >= 4 is 11.7 Å². The molecule has 4 heteroatoms. The molecule has 1 heterocycles. The molecular weight excluding hydrogens is 288 g/mol. The molecule has 0 spiro atoms. The number of nitrogens with zero attached hydrogens (tertiary/aromatic N) is 2. The minimum atomic E-state index is -0.242. The van der Waals surface area contributed by atoms with Crippen molar-refractivity contribution in [2.24, 2.45) is 0 Å². The highest BCUT2D eigenvalue weighted by molar-refractivity contribution is 5.77. The van der Waals surface area contributed by atoms with Gasteiger partial charge in [0.2, 0.25) is 0 Å². The van der Waals surface area contributed by atoms with Crippen molar-refractivity contribution in [1.82, 2.24) is 4.90 Å². The van der Waals surface area contributed by atoms with Gasteiger partial charge in [0.1, 0.15) is 6.04 Å². The van der Waals surface area contributed by atoms with E-state index in [0.717, 1.165) is 25.3 Å². The SMILES string of the molecule is COC(=O)C1CN(c2ccccc2)CCN1Cc1ccccc1. The number of hydrogen-bond acceptors (Lipinski definition) is 4. The summed E-state index contributed by atoms with van der Waals surface area (Å²) in [6.07, 6.45) is 0. The smallest absolute Gasteiger partial charge is 0.324 e. The van der Waals surface area contributed by atoms with Crippen molar-refractivity contribution in [2.75, 3.05) is 31.6 Å². The fourth-order valence-electron chi connectivity index (χ4n) is 3.06. The van der Waals surface area contributed by atoms with Crippen molar-refractivity contribution < 1.29 is 9.53 Å². The van der Waals surface area contributed by atoms with E-state index in [9.17, 15) is 4.79 Å². The maximum absolute atomic E-state index is 12.3. The van der Waals surface area contributed by atoms with E-state index in [4.69, 9.17) is 4.74 Å². The van der Waals surface area contributed by atoms with Crippen molar-refractivity contribution in [3.63, 3.8) is 0 Å². The molecule has 1 unspecified atom stereocenters. The second-order valence-corrected chi connectivity index (χ2v) is 5.78. The van der Waals surface area contributed by atoms with Crippen molar-refractivity contribution in [1.29, 1.82) is 0 Å². The minimum absolute atomic E-state index is 0.165. The average molecular weight is 310 g/mol. The first kappa shape index (κ1) is 15.6. The first-order valence-electron chi connectivity index (χ1n) is 7.94. The Kier molecular flexibility index (Phi) is 4.93. The zero-order valence-corrected chi connectivity index (χ0v) is 13.4. The number of anilines is 1. The number of piperazine rings is 1. The number of ether oxygens (including phenoxy) is 1. The highest BCUT2D eigenvalue weighted by Crippen LogP contribution is 2.21. The molecule has 4 nitrogen and oxygen atoms in total. The zero-order valence-electron chi connectivity index (χ0n) is 13.4. The molecular formula is C19H22N2O2. The van der Waals surface area contributed by atoms with Gasteiger partial charge in [-0.05, 0) is 17.7 Å². The molecule has 1 atom stereocenters. The number of hydrogen-bond donors (Lipinski definition) is 0. The van der Waals surface area contributed by atoms with E-state index >= 15 is 0 Å². The molecule has 1 aliphatic rings. The van der Waals surface area contributed by atoms with Gasteiger partial charge in [0.05, 0.1) is 7.11 Å². The fourth-order valence-corrected chi connectivity index (χ4v) is 3.06. The molecule has 2 aromatic rings. The second kappa shape index (κ2) is 7.29. The number of methoxy groups -OCH3 is 1. The van der Waals surface area contributed by atoms with Crippen LogP contribution >= 0.6 is 0 Å². The van der Waals surface area contributed by atoms with Crippen LogP contribution in [-0.2, 0) is 16.1 Å². The number of carbonyl (C=O) groups is 1. The van der Waals surface area contributed by atoms with Gasteiger partial charge >= 0.3 is 5.97 Å². The number of carbonyl (C=O) groups excluding carboxylic acids is 1.